The maximum Gasteiger partial charge on any atom is 0.255 e. The summed E-state index contributed by atoms with van der Waals surface area (Å²) < 4.78 is 16.9. The number of para-hydroxylation sites is 5. The summed E-state index contributed by atoms with van der Waals surface area (Å²) in [5.74, 6) is 0. The summed E-state index contributed by atoms with van der Waals surface area (Å²) in [5.41, 5.74) is 22.0. The Kier molecular flexibility index (Phi) is 5.08. The molecule has 0 spiro atoms. The first-order valence-corrected chi connectivity index (χ1v) is 19.7. The fourth-order valence-corrected chi connectivity index (χ4v) is 10.8. The van der Waals surface area contributed by atoms with Gasteiger partial charge < -0.3 is 4.42 Å². The van der Waals surface area contributed by atoms with Gasteiger partial charge in [0.05, 0.1) is 33.1 Å². The zero-order chi connectivity index (χ0) is 36.8. The molecule has 0 N–H and O–H groups in total. The smallest absolute Gasteiger partial charge is 0.255 e. The van der Waals surface area contributed by atoms with Crippen LogP contribution in [0.4, 0.5) is 0 Å². The average molecular weight is 717 g/mol. The Labute approximate surface area is 321 Å². The van der Waals surface area contributed by atoms with Gasteiger partial charge in [0.25, 0.3) is 6.71 Å². The monoisotopic (exact) mass is 716 g/mol. The summed E-state index contributed by atoms with van der Waals surface area (Å²) in [7, 11) is 0. The predicted octanol–water partition coefficient (Wildman–Crippen LogP) is 10.4. The minimum Gasteiger partial charge on any atom is -0.456 e. The molecule has 0 bridgehead atoms. The number of rotatable bonds is 1. The molecule has 0 unspecified atom stereocenters. The van der Waals surface area contributed by atoms with Crippen LogP contribution in [0.3, 0.4) is 0 Å². The number of aromatic nitrogens is 4. The molecule has 12 aromatic rings. The second-order valence-electron chi connectivity index (χ2n) is 16.9. The maximum absolute atomic E-state index is 6.61. The molecular weight excluding hydrogens is 683 g/mol. The second kappa shape index (κ2) is 9.65. The number of furan rings is 1. The fraction of sp³-hybridized carbons (Fsp3) is 0.0800. The molecule has 2 aliphatic rings. The van der Waals surface area contributed by atoms with E-state index in [1.54, 1.807) is 0 Å². The summed E-state index contributed by atoms with van der Waals surface area (Å²) in [4.78, 5) is 0. The highest BCUT2D eigenvalue weighted by molar-refractivity contribution is 7.01. The second-order valence-corrected chi connectivity index (χ2v) is 16.9. The normalized spacial score (nSPS) is 13.6. The summed E-state index contributed by atoms with van der Waals surface area (Å²) in [5, 5.41) is 4.81. The van der Waals surface area contributed by atoms with Crippen molar-refractivity contribution in [2.24, 2.45) is 0 Å². The summed E-state index contributed by atoms with van der Waals surface area (Å²) in [6.07, 6.45) is 0. The molecule has 7 aromatic carbocycles. The van der Waals surface area contributed by atoms with Crippen LogP contribution in [-0.2, 0) is 5.41 Å². The molecule has 0 saturated heterocycles. The zero-order valence-electron chi connectivity index (χ0n) is 31.1. The van der Waals surface area contributed by atoms with Gasteiger partial charge in [0.15, 0.2) is 0 Å². The van der Waals surface area contributed by atoms with E-state index in [1.807, 2.05) is 0 Å². The zero-order valence-corrected chi connectivity index (χ0v) is 31.1. The number of fused-ring (bicyclic) bond motifs is 18. The van der Waals surface area contributed by atoms with Crippen molar-refractivity contribution in [3.8, 4) is 22.5 Å². The molecule has 2 aliphatic heterocycles. The van der Waals surface area contributed by atoms with E-state index in [2.05, 4.69) is 184 Å². The Morgan fingerprint density at radius 2 is 1.16 bits per heavy atom. The molecule has 0 amide bonds. The molecule has 0 saturated carbocycles. The lowest BCUT2D eigenvalue weighted by Gasteiger charge is -2.34. The van der Waals surface area contributed by atoms with E-state index in [9.17, 15) is 0 Å². The summed E-state index contributed by atoms with van der Waals surface area (Å²) in [6, 6.07) is 54.0. The molecule has 7 heterocycles. The molecule has 0 fully saturated rings. The van der Waals surface area contributed by atoms with Gasteiger partial charge >= 0.3 is 0 Å². The van der Waals surface area contributed by atoms with Crippen molar-refractivity contribution in [3.05, 3.63) is 151 Å². The van der Waals surface area contributed by atoms with Gasteiger partial charge in [-0.3, -0.25) is 17.9 Å². The van der Waals surface area contributed by atoms with Crippen molar-refractivity contribution in [1.82, 2.24) is 17.9 Å². The predicted molar refractivity (Wildman–Crippen MR) is 233 cm³/mol. The first-order chi connectivity index (χ1) is 27.5. The van der Waals surface area contributed by atoms with Crippen molar-refractivity contribution in [2.75, 3.05) is 0 Å². The molecule has 262 valence electrons. The quantitative estimate of drug-likeness (QED) is 0.156. The van der Waals surface area contributed by atoms with Gasteiger partial charge in [0.1, 0.15) is 22.5 Å². The number of hydrogen-bond donors (Lipinski definition) is 0. The highest BCUT2D eigenvalue weighted by Crippen LogP contribution is 2.44. The lowest BCUT2D eigenvalue weighted by Crippen LogP contribution is -2.59. The highest BCUT2D eigenvalue weighted by Gasteiger charge is 2.44. The number of nitrogens with zero attached hydrogens (tertiary/aromatic N) is 4. The summed E-state index contributed by atoms with van der Waals surface area (Å²) in [6.45, 7) is 7.04. The van der Waals surface area contributed by atoms with E-state index in [1.165, 1.54) is 99.6 Å². The Bertz CT molecular complexity index is 3750. The van der Waals surface area contributed by atoms with Gasteiger partial charge in [-0.05, 0) is 87.5 Å². The van der Waals surface area contributed by atoms with Crippen LogP contribution in [0.2, 0.25) is 0 Å². The Morgan fingerprint density at radius 1 is 0.482 bits per heavy atom. The van der Waals surface area contributed by atoms with Crippen LogP contribution in [0, 0.1) is 0 Å². The summed E-state index contributed by atoms with van der Waals surface area (Å²) >= 11 is 0. The van der Waals surface area contributed by atoms with Crippen LogP contribution in [0.25, 0.3) is 99.6 Å². The van der Waals surface area contributed by atoms with Gasteiger partial charge in [-0.1, -0.05) is 112 Å². The topological polar surface area (TPSA) is 31.8 Å². The van der Waals surface area contributed by atoms with Crippen LogP contribution < -0.4 is 16.4 Å². The van der Waals surface area contributed by atoms with Gasteiger partial charge in [0.2, 0.25) is 0 Å². The lowest BCUT2D eigenvalue weighted by molar-refractivity contribution is 0.589. The lowest BCUT2D eigenvalue weighted by atomic mass is 9.34. The number of hydrogen-bond acceptors (Lipinski definition) is 1. The van der Waals surface area contributed by atoms with Crippen molar-refractivity contribution in [3.63, 3.8) is 0 Å². The Morgan fingerprint density at radius 3 is 1.98 bits per heavy atom. The molecular formula is C50H33BN4O. The van der Waals surface area contributed by atoms with E-state index in [4.69, 9.17) is 4.42 Å². The minimum absolute atomic E-state index is 0.00223. The molecule has 0 atom stereocenters. The van der Waals surface area contributed by atoms with Crippen LogP contribution in [0.1, 0.15) is 26.3 Å². The van der Waals surface area contributed by atoms with Crippen molar-refractivity contribution in [1.29, 1.82) is 0 Å². The largest absolute Gasteiger partial charge is 0.456 e. The minimum atomic E-state index is -0.0900. The molecule has 14 rings (SSSR count). The average Bonchev–Trinajstić information content (AvgIpc) is 4.01. The number of benzene rings is 7. The van der Waals surface area contributed by atoms with E-state index in [0.29, 0.717) is 0 Å². The van der Waals surface area contributed by atoms with E-state index >= 15 is 0 Å². The Hall–Kier alpha value is -6.92. The fourth-order valence-electron chi connectivity index (χ4n) is 10.8. The molecule has 56 heavy (non-hydrogen) atoms. The van der Waals surface area contributed by atoms with E-state index in [0.717, 1.165) is 21.9 Å². The SMILES string of the molecule is CC(C)(C)c1cc2c3c(c1)-n1c4c(cccc4n4c5ccccc5c(-c5ccccc5)c14)B3c1c3cc4oc5ccccc5c4cc3n3c4ccccc4n-2c13. The Balaban J connectivity index is 1.24. The van der Waals surface area contributed by atoms with Gasteiger partial charge in [-0.2, -0.15) is 0 Å². The maximum atomic E-state index is 6.61. The van der Waals surface area contributed by atoms with Crippen LogP contribution in [0.5, 0.6) is 0 Å². The van der Waals surface area contributed by atoms with Crippen molar-refractivity contribution in [2.45, 2.75) is 26.2 Å². The molecule has 5 aromatic heterocycles. The van der Waals surface area contributed by atoms with Crippen molar-refractivity contribution >= 4 is 100 Å². The van der Waals surface area contributed by atoms with Crippen LogP contribution in [-0.4, -0.2) is 24.6 Å². The molecule has 0 aliphatic carbocycles. The first-order valence-electron chi connectivity index (χ1n) is 19.7. The first kappa shape index (κ1) is 29.4. The molecule has 0 radical (unpaired) electrons. The third-order valence-electron chi connectivity index (χ3n) is 13.1. The van der Waals surface area contributed by atoms with Gasteiger partial charge in [-0.15, -0.1) is 0 Å². The van der Waals surface area contributed by atoms with Crippen LogP contribution >= 0.6 is 0 Å². The van der Waals surface area contributed by atoms with Crippen molar-refractivity contribution < 1.29 is 4.42 Å². The third-order valence-corrected chi connectivity index (χ3v) is 13.1. The van der Waals surface area contributed by atoms with Crippen LogP contribution in [0.15, 0.2) is 150 Å². The third kappa shape index (κ3) is 3.30. The molecule has 6 heteroatoms. The van der Waals surface area contributed by atoms with Gasteiger partial charge in [-0.25, -0.2) is 0 Å². The van der Waals surface area contributed by atoms with E-state index in [-0.39, 0.29) is 12.1 Å². The standard InChI is InChI=1S/C50H33BN4O/c1-50(2,3)29-24-40-46-41(25-29)55-47-34(18-13-22-38(47)52-35-19-9-7-17-31(35)44(48(52)55)28-14-5-4-6-15-28)51(46)45-33-27-43-32(30-16-8-12-23-42(30)56-43)26-39(33)53-36-20-10-11-21-37(36)54(40)49(45)53/h4-27H,1-3H3. The molecule has 5 nitrogen and oxygen atoms in total. The number of imidazole rings is 2. The van der Waals surface area contributed by atoms with Gasteiger partial charge in [0, 0.05) is 38.5 Å². The highest BCUT2D eigenvalue weighted by atomic mass is 16.3. The van der Waals surface area contributed by atoms with E-state index < -0.39 is 0 Å².